The first-order valence-corrected chi connectivity index (χ1v) is 22.3. The number of hydrogen-bond acceptors (Lipinski definition) is 8. The highest BCUT2D eigenvalue weighted by Gasteiger charge is 2.27. The monoisotopic (exact) mass is 782 g/mol. The van der Waals surface area contributed by atoms with Crippen LogP contribution in [0.2, 0.25) is 0 Å². The SMILES string of the molecule is CC/C=C\C/C=C\C/C=C\CCCCCCCC(=O)OC(COCCCCCCCC/C=C\C/C=C\CCCCCC)COP(=O)(O)OCC(N)C(=O)O. The summed E-state index contributed by atoms with van der Waals surface area (Å²) in [5.74, 6) is -1.81. The smallest absolute Gasteiger partial charge is 0.472 e. The van der Waals surface area contributed by atoms with Gasteiger partial charge in [-0.05, 0) is 77.0 Å². The fourth-order valence-corrected chi connectivity index (χ4v) is 6.07. The Labute approximate surface area is 328 Å². The summed E-state index contributed by atoms with van der Waals surface area (Å²) in [7, 11) is -4.62. The molecule has 11 heteroatoms. The molecule has 54 heavy (non-hydrogen) atoms. The molecule has 0 radical (unpaired) electrons. The van der Waals surface area contributed by atoms with E-state index in [2.05, 4.69) is 74.6 Å². The Morgan fingerprint density at radius 3 is 1.61 bits per heavy atom. The van der Waals surface area contributed by atoms with Crippen LogP contribution in [0.1, 0.15) is 162 Å². The zero-order valence-corrected chi connectivity index (χ0v) is 34.7. The highest BCUT2D eigenvalue weighted by Crippen LogP contribution is 2.43. The van der Waals surface area contributed by atoms with Crippen LogP contribution < -0.4 is 5.73 Å². The summed E-state index contributed by atoms with van der Waals surface area (Å²) in [6, 6.07) is -1.48. The number of phosphoric acid groups is 1. The summed E-state index contributed by atoms with van der Waals surface area (Å²) in [6.07, 6.45) is 45.5. The number of carbonyl (C=O) groups is 2. The lowest BCUT2D eigenvalue weighted by molar-refractivity contribution is -0.154. The first-order valence-electron chi connectivity index (χ1n) is 20.8. The molecule has 0 spiro atoms. The predicted molar refractivity (Wildman–Crippen MR) is 221 cm³/mol. The van der Waals surface area contributed by atoms with Gasteiger partial charge in [0, 0.05) is 13.0 Å². The summed E-state index contributed by atoms with van der Waals surface area (Å²) in [4.78, 5) is 33.5. The molecule has 3 unspecified atom stereocenters. The molecule has 10 nitrogen and oxygen atoms in total. The third kappa shape index (κ3) is 38.0. The van der Waals surface area contributed by atoms with Gasteiger partial charge in [-0.1, -0.05) is 139 Å². The van der Waals surface area contributed by atoms with Gasteiger partial charge in [-0.25, -0.2) is 4.57 Å². The quantitative estimate of drug-likeness (QED) is 0.0237. The number of aliphatic carboxylic acids is 1. The lowest BCUT2D eigenvalue weighted by Crippen LogP contribution is -2.34. The van der Waals surface area contributed by atoms with E-state index in [1.807, 2.05) is 0 Å². The van der Waals surface area contributed by atoms with E-state index in [0.717, 1.165) is 83.5 Å². The van der Waals surface area contributed by atoms with Gasteiger partial charge in [0.25, 0.3) is 0 Å². The molecular formula is C43H76NO9P. The third-order valence-corrected chi connectivity index (χ3v) is 9.48. The van der Waals surface area contributed by atoms with Crippen LogP contribution >= 0.6 is 7.82 Å². The van der Waals surface area contributed by atoms with Gasteiger partial charge < -0.3 is 25.2 Å². The van der Waals surface area contributed by atoms with Crippen LogP contribution in [0.25, 0.3) is 0 Å². The minimum atomic E-state index is -4.62. The number of allylic oxidation sites excluding steroid dienone is 10. The van der Waals surface area contributed by atoms with Crippen LogP contribution in [0, 0.1) is 0 Å². The van der Waals surface area contributed by atoms with Crippen molar-refractivity contribution in [3.8, 4) is 0 Å². The summed E-state index contributed by atoms with van der Waals surface area (Å²) in [5.41, 5.74) is 5.35. The lowest BCUT2D eigenvalue weighted by Gasteiger charge is -2.20. The number of carboxylic acids is 1. The molecule has 0 fully saturated rings. The molecule has 0 bridgehead atoms. The second-order valence-electron chi connectivity index (χ2n) is 13.7. The Morgan fingerprint density at radius 1 is 0.611 bits per heavy atom. The minimum absolute atomic E-state index is 0.0000251. The van der Waals surface area contributed by atoms with Gasteiger partial charge in [-0.15, -0.1) is 0 Å². The van der Waals surface area contributed by atoms with Crippen LogP contribution in [-0.2, 0) is 32.7 Å². The normalized spacial score (nSPS) is 14.6. The predicted octanol–water partition coefficient (Wildman–Crippen LogP) is 11.3. The van der Waals surface area contributed by atoms with Crippen molar-refractivity contribution in [3.63, 3.8) is 0 Å². The van der Waals surface area contributed by atoms with Crippen molar-refractivity contribution in [2.45, 2.75) is 174 Å². The summed E-state index contributed by atoms with van der Waals surface area (Å²) in [6.45, 7) is 3.69. The van der Waals surface area contributed by atoms with E-state index in [1.165, 1.54) is 51.4 Å². The zero-order chi connectivity index (χ0) is 39.8. The molecule has 0 aliphatic carbocycles. The van der Waals surface area contributed by atoms with Crippen molar-refractivity contribution in [1.82, 2.24) is 0 Å². The molecule has 0 aromatic heterocycles. The average Bonchev–Trinajstić information content (AvgIpc) is 3.15. The number of phosphoric ester groups is 1. The van der Waals surface area contributed by atoms with Gasteiger partial charge in [0.2, 0.25) is 0 Å². The highest BCUT2D eigenvalue weighted by atomic mass is 31.2. The van der Waals surface area contributed by atoms with Crippen molar-refractivity contribution in [2.75, 3.05) is 26.4 Å². The first-order chi connectivity index (χ1) is 26.2. The summed E-state index contributed by atoms with van der Waals surface area (Å²) >= 11 is 0. The van der Waals surface area contributed by atoms with E-state index in [9.17, 15) is 19.0 Å². The van der Waals surface area contributed by atoms with E-state index >= 15 is 0 Å². The third-order valence-electron chi connectivity index (χ3n) is 8.53. The zero-order valence-electron chi connectivity index (χ0n) is 33.8. The van der Waals surface area contributed by atoms with E-state index in [0.29, 0.717) is 13.0 Å². The number of carbonyl (C=O) groups excluding carboxylic acids is 1. The van der Waals surface area contributed by atoms with Crippen molar-refractivity contribution < 1.29 is 42.7 Å². The second-order valence-corrected chi connectivity index (χ2v) is 15.2. The molecule has 3 atom stereocenters. The maximum Gasteiger partial charge on any atom is 0.472 e. The van der Waals surface area contributed by atoms with E-state index < -0.39 is 45.1 Å². The lowest BCUT2D eigenvalue weighted by atomic mass is 10.1. The van der Waals surface area contributed by atoms with Crippen molar-refractivity contribution >= 4 is 19.8 Å². The number of carboxylic acid groups (broad SMARTS) is 1. The molecule has 0 aliphatic rings. The fourth-order valence-electron chi connectivity index (χ4n) is 5.29. The van der Waals surface area contributed by atoms with Gasteiger partial charge in [0.1, 0.15) is 12.1 Å². The Hall–Kier alpha value is -2.33. The largest absolute Gasteiger partial charge is 0.480 e. The molecule has 0 aliphatic heterocycles. The number of hydrogen-bond donors (Lipinski definition) is 3. The number of ether oxygens (including phenoxy) is 2. The van der Waals surface area contributed by atoms with Crippen molar-refractivity contribution in [1.29, 1.82) is 0 Å². The number of esters is 1. The van der Waals surface area contributed by atoms with E-state index in [4.69, 9.17) is 29.4 Å². The van der Waals surface area contributed by atoms with Crippen LogP contribution in [-0.4, -0.2) is 60.5 Å². The van der Waals surface area contributed by atoms with Gasteiger partial charge in [-0.3, -0.25) is 18.6 Å². The Morgan fingerprint density at radius 2 is 1.07 bits per heavy atom. The molecule has 0 heterocycles. The first kappa shape index (κ1) is 51.7. The number of nitrogens with two attached hydrogens (primary N) is 1. The standard InChI is InChI=1S/C43H76NO9P/c1-3-5-7-9-11-13-15-17-19-20-22-24-26-28-30-32-34-36-50-37-40(38-51-54(48,49)52-39-41(44)43(46)47)53-42(45)35-33-31-29-27-25-23-21-18-16-14-12-10-8-6-4-2/h6,8,12-15,18-21,40-41H,3-5,7,9-11,16-17,22-39,44H2,1-2H3,(H,46,47)(H,48,49)/b8-6-,14-12-,15-13-,20-19-,21-18-. The van der Waals surface area contributed by atoms with Gasteiger partial charge in [0.15, 0.2) is 0 Å². The molecule has 0 aromatic rings. The second kappa shape index (κ2) is 38.9. The fraction of sp³-hybridized carbons (Fsp3) is 0.721. The Kier molecular flexibility index (Phi) is 37.2. The van der Waals surface area contributed by atoms with Gasteiger partial charge in [0.05, 0.1) is 19.8 Å². The maximum atomic E-state index is 12.6. The Bertz CT molecular complexity index is 1090. The number of rotatable bonds is 39. The van der Waals surface area contributed by atoms with E-state index in [1.54, 1.807) is 0 Å². The molecule has 0 saturated carbocycles. The molecule has 0 amide bonds. The van der Waals surface area contributed by atoms with Crippen LogP contribution in [0.15, 0.2) is 60.8 Å². The molecular weight excluding hydrogens is 705 g/mol. The summed E-state index contributed by atoms with van der Waals surface area (Å²) < 4.78 is 33.3. The average molecular weight is 782 g/mol. The molecule has 312 valence electrons. The molecule has 0 rings (SSSR count). The topological polar surface area (TPSA) is 155 Å². The molecule has 4 N–H and O–H groups in total. The van der Waals surface area contributed by atoms with Crippen molar-refractivity contribution in [2.24, 2.45) is 5.73 Å². The molecule has 0 aromatic carbocycles. The van der Waals surface area contributed by atoms with Crippen molar-refractivity contribution in [3.05, 3.63) is 60.8 Å². The summed E-state index contributed by atoms with van der Waals surface area (Å²) in [5, 5.41) is 8.88. The van der Waals surface area contributed by atoms with Gasteiger partial charge >= 0.3 is 19.8 Å². The molecule has 0 saturated heterocycles. The van der Waals surface area contributed by atoms with Crippen LogP contribution in [0.4, 0.5) is 0 Å². The Balaban J connectivity index is 4.32. The van der Waals surface area contributed by atoms with Crippen LogP contribution in [0.3, 0.4) is 0 Å². The highest BCUT2D eigenvalue weighted by molar-refractivity contribution is 7.47. The number of unbranched alkanes of at least 4 members (excludes halogenated alkanes) is 15. The minimum Gasteiger partial charge on any atom is -0.480 e. The maximum absolute atomic E-state index is 12.6. The van der Waals surface area contributed by atoms with Gasteiger partial charge in [-0.2, -0.15) is 0 Å². The van der Waals surface area contributed by atoms with Crippen LogP contribution in [0.5, 0.6) is 0 Å². The van der Waals surface area contributed by atoms with E-state index in [-0.39, 0.29) is 13.0 Å².